The Morgan fingerprint density at radius 2 is 2.19 bits per heavy atom. The minimum atomic E-state index is 0.0209. The second kappa shape index (κ2) is 5.61. The van der Waals surface area contributed by atoms with E-state index in [9.17, 15) is 4.79 Å². The summed E-state index contributed by atoms with van der Waals surface area (Å²) >= 11 is 5.75. The highest BCUT2D eigenvalue weighted by Crippen LogP contribution is 2.24. The van der Waals surface area contributed by atoms with Crippen LogP contribution in [0.5, 0.6) is 5.75 Å². The van der Waals surface area contributed by atoms with Crippen LogP contribution in [0.2, 0.25) is 5.02 Å². The van der Waals surface area contributed by atoms with Crippen LogP contribution in [0.3, 0.4) is 0 Å². The number of carbonyl (C=O) groups excluding carboxylic acids is 1. The Kier molecular flexibility index (Phi) is 4.43. The molecule has 0 atom stereocenters. The van der Waals surface area contributed by atoms with Gasteiger partial charge in [0.15, 0.2) is 0 Å². The van der Waals surface area contributed by atoms with Crippen molar-refractivity contribution < 1.29 is 9.53 Å². The van der Waals surface area contributed by atoms with E-state index in [1.165, 1.54) is 4.90 Å². The molecule has 0 fully saturated rings. The number of benzene rings is 1. The molecule has 0 bridgehead atoms. The topological polar surface area (TPSA) is 55.6 Å². The van der Waals surface area contributed by atoms with Crippen LogP contribution in [0, 0.1) is 0 Å². The van der Waals surface area contributed by atoms with Crippen LogP contribution in [0.15, 0.2) is 18.2 Å². The van der Waals surface area contributed by atoms with Crippen molar-refractivity contribution in [3.8, 4) is 5.75 Å². The molecule has 1 amide bonds. The van der Waals surface area contributed by atoms with Gasteiger partial charge >= 0.3 is 0 Å². The van der Waals surface area contributed by atoms with Gasteiger partial charge in [-0.15, -0.1) is 0 Å². The molecule has 1 rings (SSSR count). The molecule has 1 aromatic carbocycles. The van der Waals surface area contributed by atoms with Crippen molar-refractivity contribution in [1.82, 2.24) is 4.90 Å². The zero-order valence-electron chi connectivity index (χ0n) is 9.37. The van der Waals surface area contributed by atoms with Gasteiger partial charge in [-0.2, -0.15) is 0 Å². The number of rotatable bonds is 4. The summed E-state index contributed by atoms with van der Waals surface area (Å²) in [6.07, 6.45) is 0.328. The predicted molar refractivity (Wildman–Crippen MR) is 64.7 cm³/mol. The van der Waals surface area contributed by atoms with E-state index in [1.54, 1.807) is 32.3 Å². The third-order valence-electron chi connectivity index (χ3n) is 2.04. The van der Waals surface area contributed by atoms with E-state index in [0.717, 1.165) is 0 Å². The summed E-state index contributed by atoms with van der Waals surface area (Å²) in [6.45, 7) is 0.308. The molecule has 5 heteroatoms. The van der Waals surface area contributed by atoms with Crippen molar-refractivity contribution in [3.05, 3.63) is 23.2 Å². The summed E-state index contributed by atoms with van der Waals surface area (Å²) in [5.41, 5.74) is 6.17. The Balaban J connectivity index is 2.46. The highest BCUT2D eigenvalue weighted by molar-refractivity contribution is 6.30. The molecule has 16 heavy (non-hydrogen) atoms. The van der Waals surface area contributed by atoms with Gasteiger partial charge in [-0.3, -0.25) is 4.79 Å². The molecule has 0 radical (unpaired) electrons. The van der Waals surface area contributed by atoms with Gasteiger partial charge in [0.05, 0.1) is 18.7 Å². The number of nitrogens with zero attached hydrogens (tertiary/aromatic N) is 1. The van der Waals surface area contributed by atoms with Crippen LogP contribution in [0.25, 0.3) is 0 Å². The van der Waals surface area contributed by atoms with Gasteiger partial charge in [0.2, 0.25) is 5.91 Å². The number of anilines is 1. The molecule has 0 aliphatic carbocycles. The largest absolute Gasteiger partial charge is 0.491 e. The van der Waals surface area contributed by atoms with Crippen molar-refractivity contribution in [2.75, 3.05) is 26.4 Å². The number of ether oxygens (including phenoxy) is 1. The van der Waals surface area contributed by atoms with E-state index in [-0.39, 0.29) is 5.91 Å². The number of halogens is 1. The lowest BCUT2D eigenvalue weighted by Crippen LogP contribution is -2.23. The van der Waals surface area contributed by atoms with Gasteiger partial charge in [0, 0.05) is 19.1 Å². The average Bonchev–Trinajstić information content (AvgIpc) is 2.20. The molecule has 0 aliphatic heterocycles. The smallest absolute Gasteiger partial charge is 0.225 e. The van der Waals surface area contributed by atoms with Gasteiger partial charge in [-0.25, -0.2) is 0 Å². The summed E-state index contributed by atoms with van der Waals surface area (Å²) in [6, 6.07) is 5.00. The number of carbonyl (C=O) groups is 1. The van der Waals surface area contributed by atoms with E-state index >= 15 is 0 Å². The third-order valence-corrected chi connectivity index (χ3v) is 2.28. The Morgan fingerprint density at radius 3 is 2.75 bits per heavy atom. The molecule has 2 N–H and O–H groups in total. The molecule has 1 aromatic rings. The van der Waals surface area contributed by atoms with Crippen LogP contribution < -0.4 is 10.5 Å². The molecule has 0 saturated heterocycles. The average molecular weight is 243 g/mol. The maximum atomic E-state index is 11.3. The maximum Gasteiger partial charge on any atom is 0.225 e. The second-order valence-electron chi connectivity index (χ2n) is 3.57. The van der Waals surface area contributed by atoms with E-state index in [0.29, 0.717) is 29.5 Å². The maximum absolute atomic E-state index is 11.3. The third kappa shape index (κ3) is 3.62. The molecule has 4 nitrogen and oxygen atoms in total. The van der Waals surface area contributed by atoms with Gasteiger partial charge in [-0.05, 0) is 18.2 Å². The lowest BCUT2D eigenvalue weighted by atomic mass is 10.3. The van der Waals surface area contributed by atoms with Crippen molar-refractivity contribution in [3.63, 3.8) is 0 Å². The van der Waals surface area contributed by atoms with Crippen LogP contribution in [-0.4, -0.2) is 31.5 Å². The van der Waals surface area contributed by atoms with Gasteiger partial charge < -0.3 is 15.4 Å². The lowest BCUT2D eigenvalue weighted by molar-refractivity contribution is -0.129. The van der Waals surface area contributed by atoms with E-state index in [1.807, 2.05) is 0 Å². The fraction of sp³-hybridized carbons (Fsp3) is 0.364. The first-order chi connectivity index (χ1) is 7.50. The van der Waals surface area contributed by atoms with Crippen LogP contribution >= 0.6 is 11.6 Å². The molecule has 0 aliphatic rings. The molecule has 0 aromatic heterocycles. The fourth-order valence-corrected chi connectivity index (χ4v) is 1.30. The van der Waals surface area contributed by atoms with Gasteiger partial charge in [0.25, 0.3) is 0 Å². The number of hydrogen-bond donors (Lipinski definition) is 1. The van der Waals surface area contributed by atoms with Crippen molar-refractivity contribution in [2.45, 2.75) is 6.42 Å². The number of nitrogens with two attached hydrogens (primary N) is 1. The number of hydrogen-bond acceptors (Lipinski definition) is 3. The van der Waals surface area contributed by atoms with Crippen molar-refractivity contribution in [1.29, 1.82) is 0 Å². The predicted octanol–water partition coefficient (Wildman–Crippen LogP) is 1.78. The van der Waals surface area contributed by atoms with Gasteiger partial charge in [-0.1, -0.05) is 11.6 Å². The van der Waals surface area contributed by atoms with Gasteiger partial charge in [0.1, 0.15) is 5.75 Å². The van der Waals surface area contributed by atoms with Crippen molar-refractivity contribution in [2.24, 2.45) is 0 Å². The minimum Gasteiger partial charge on any atom is -0.491 e. The minimum absolute atomic E-state index is 0.0209. The quantitative estimate of drug-likeness (QED) is 0.819. The number of amides is 1. The molecule has 88 valence electrons. The van der Waals surface area contributed by atoms with E-state index in [2.05, 4.69) is 0 Å². The monoisotopic (exact) mass is 242 g/mol. The molecule has 0 saturated carbocycles. The first kappa shape index (κ1) is 12.6. The zero-order chi connectivity index (χ0) is 12.1. The summed E-state index contributed by atoms with van der Waals surface area (Å²) < 4.78 is 5.38. The Labute approximate surface area is 99.9 Å². The highest BCUT2D eigenvalue weighted by Gasteiger charge is 2.05. The fourth-order valence-electron chi connectivity index (χ4n) is 1.12. The molecular weight excluding hydrogens is 228 g/mol. The summed E-state index contributed by atoms with van der Waals surface area (Å²) in [5.74, 6) is 0.573. The Bertz CT molecular complexity index is 380. The molecular formula is C11H15ClN2O2. The molecule has 0 heterocycles. The van der Waals surface area contributed by atoms with Crippen LogP contribution in [0.4, 0.5) is 5.69 Å². The zero-order valence-corrected chi connectivity index (χ0v) is 10.1. The first-order valence-electron chi connectivity index (χ1n) is 4.88. The lowest BCUT2D eigenvalue weighted by Gasteiger charge is -2.12. The second-order valence-corrected chi connectivity index (χ2v) is 4.01. The Hall–Kier alpha value is -1.42. The van der Waals surface area contributed by atoms with E-state index < -0.39 is 0 Å². The first-order valence-corrected chi connectivity index (χ1v) is 5.26. The van der Waals surface area contributed by atoms with E-state index in [4.69, 9.17) is 22.1 Å². The van der Waals surface area contributed by atoms with Crippen LogP contribution in [-0.2, 0) is 4.79 Å². The molecule has 0 unspecified atom stereocenters. The summed E-state index contributed by atoms with van der Waals surface area (Å²) in [7, 11) is 3.41. The van der Waals surface area contributed by atoms with Crippen LogP contribution in [0.1, 0.15) is 6.42 Å². The Morgan fingerprint density at radius 1 is 1.50 bits per heavy atom. The highest BCUT2D eigenvalue weighted by atomic mass is 35.5. The molecule has 0 spiro atoms. The van der Waals surface area contributed by atoms with Crippen molar-refractivity contribution >= 4 is 23.2 Å². The SMILES string of the molecule is CN(C)C(=O)CCOc1ccc(Cl)cc1N. The normalized spacial score (nSPS) is 9.94. The standard InChI is InChI=1S/C11H15ClN2O2/c1-14(2)11(15)5-6-16-10-4-3-8(12)7-9(10)13/h3-4,7H,5-6,13H2,1-2H3. The summed E-state index contributed by atoms with van der Waals surface area (Å²) in [4.78, 5) is 12.8. The summed E-state index contributed by atoms with van der Waals surface area (Å²) in [5, 5.41) is 0.564. The number of nitrogen functional groups attached to an aromatic ring is 1.